The number of aryl methyl sites for hydroxylation is 1. The van der Waals surface area contributed by atoms with Gasteiger partial charge in [-0.3, -0.25) is 9.59 Å². The van der Waals surface area contributed by atoms with Crippen molar-refractivity contribution in [2.24, 2.45) is 0 Å². The van der Waals surface area contributed by atoms with Crippen LogP contribution in [0.1, 0.15) is 60.7 Å². The molecule has 0 radical (unpaired) electrons. The number of hydrogen-bond acceptors (Lipinski definition) is 5. The van der Waals surface area contributed by atoms with Gasteiger partial charge in [0.05, 0.1) is 0 Å². The minimum absolute atomic E-state index is 0.0191. The average Bonchev–Trinajstić information content (AvgIpc) is 3.15. The van der Waals surface area contributed by atoms with Gasteiger partial charge < -0.3 is 14.4 Å². The van der Waals surface area contributed by atoms with Crippen LogP contribution in [0.2, 0.25) is 0 Å². The van der Waals surface area contributed by atoms with Crippen molar-refractivity contribution in [3.05, 3.63) is 58.7 Å². The van der Waals surface area contributed by atoms with Gasteiger partial charge in [0.15, 0.2) is 12.7 Å². The van der Waals surface area contributed by atoms with Crippen LogP contribution in [0.4, 0.5) is 5.69 Å². The molecule has 1 atom stereocenters. The van der Waals surface area contributed by atoms with Crippen molar-refractivity contribution in [1.29, 1.82) is 0 Å². The van der Waals surface area contributed by atoms with Gasteiger partial charge in [0.25, 0.3) is 0 Å². The van der Waals surface area contributed by atoms with E-state index in [1.165, 1.54) is 6.92 Å². The normalized spacial score (nSPS) is 13.7. The maximum absolute atomic E-state index is 12.8. The molecule has 6 nitrogen and oxygen atoms in total. The number of rotatable bonds is 7. The van der Waals surface area contributed by atoms with Crippen LogP contribution >= 0.6 is 0 Å². The van der Waals surface area contributed by atoms with E-state index in [0.717, 1.165) is 22.4 Å². The molecule has 1 amide bonds. The number of benzene rings is 2. The first kappa shape index (κ1) is 22.5. The van der Waals surface area contributed by atoms with Crippen LogP contribution in [-0.4, -0.2) is 36.9 Å². The van der Waals surface area contributed by atoms with Crippen molar-refractivity contribution in [3.63, 3.8) is 0 Å². The maximum atomic E-state index is 12.8. The number of nitrogens with zero attached hydrogens (tertiary/aromatic N) is 1. The summed E-state index contributed by atoms with van der Waals surface area (Å²) in [4.78, 5) is 38.4. The Morgan fingerprint density at radius 3 is 2.48 bits per heavy atom. The van der Waals surface area contributed by atoms with Crippen molar-refractivity contribution in [2.45, 2.75) is 53.1 Å². The van der Waals surface area contributed by atoms with E-state index in [1.807, 2.05) is 25.1 Å². The van der Waals surface area contributed by atoms with Gasteiger partial charge in [-0.05, 0) is 67.1 Å². The minimum Gasteiger partial charge on any atom is -0.482 e. The van der Waals surface area contributed by atoms with E-state index in [0.29, 0.717) is 24.3 Å². The van der Waals surface area contributed by atoms with Gasteiger partial charge in [0.2, 0.25) is 11.7 Å². The Labute approximate surface area is 183 Å². The van der Waals surface area contributed by atoms with E-state index in [-0.39, 0.29) is 24.2 Å². The molecule has 31 heavy (non-hydrogen) atoms. The zero-order chi connectivity index (χ0) is 22.7. The first-order valence-corrected chi connectivity index (χ1v) is 10.6. The maximum Gasteiger partial charge on any atom is 0.344 e. The van der Waals surface area contributed by atoms with Crippen LogP contribution in [0.15, 0.2) is 36.4 Å². The molecule has 0 bridgehead atoms. The fourth-order valence-corrected chi connectivity index (χ4v) is 3.78. The Bertz CT molecular complexity index is 1010. The summed E-state index contributed by atoms with van der Waals surface area (Å²) in [5, 5.41) is 0. The van der Waals surface area contributed by atoms with Gasteiger partial charge in [0.1, 0.15) is 5.75 Å². The summed E-state index contributed by atoms with van der Waals surface area (Å²) in [5.74, 6) is 0.0108. The van der Waals surface area contributed by atoms with Crippen molar-refractivity contribution in [2.75, 3.05) is 18.1 Å². The highest BCUT2D eigenvalue weighted by Gasteiger charge is 2.25. The van der Waals surface area contributed by atoms with Crippen molar-refractivity contribution < 1.29 is 23.9 Å². The summed E-state index contributed by atoms with van der Waals surface area (Å²) < 4.78 is 11.0. The van der Waals surface area contributed by atoms with E-state index in [9.17, 15) is 14.4 Å². The molecule has 3 rings (SSSR count). The van der Waals surface area contributed by atoms with E-state index in [1.54, 1.807) is 30.0 Å². The molecule has 0 aromatic heterocycles. The third kappa shape index (κ3) is 5.13. The number of carbonyl (C=O) groups is 3. The summed E-state index contributed by atoms with van der Waals surface area (Å²) in [6.07, 6.45) is -0.228. The molecule has 0 saturated heterocycles. The van der Waals surface area contributed by atoms with Crippen LogP contribution in [0.25, 0.3) is 0 Å². The molecule has 1 heterocycles. The molecule has 2 aromatic carbocycles. The summed E-state index contributed by atoms with van der Waals surface area (Å²) >= 11 is 0. The van der Waals surface area contributed by atoms with Crippen LogP contribution in [0, 0.1) is 6.92 Å². The lowest BCUT2D eigenvalue weighted by Crippen LogP contribution is -2.27. The van der Waals surface area contributed by atoms with Gasteiger partial charge in [-0.2, -0.15) is 0 Å². The van der Waals surface area contributed by atoms with E-state index in [4.69, 9.17) is 9.47 Å². The highest BCUT2D eigenvalue weighted by Crippen LogP contribution is 2.30. The lowest BCUT2D eigenvalue weighted by Gasteiger charge is -2.17. The van der Waals surface area contributed by atoms with Crippen LogP contribution in [0.5, 0.6) is 5.75 Å². The van der Waals surface area contributed by atoms with Crippen molar-refractivity contribution in [1.82, 2.24) is 0 Å². The second-order valence-corrected chi connectivity index (χ2v) is 8.25. The van der Waals surface area contributed by atoms with Crippen LogP contribution < -0.4 is 9.64 Å². The van der Waals surface area contributed by atoms with E-state index >= 15 is 0 Å². The second-order valence-electron chi connectivity index (χ2n) is 8.25. The standard InChI is InChI=1S/C25H29NO5/c1-15(2)21-8-6-16(3)12-23(21)30-14-24(28)31-17(4)25(29)20-7-9-22-19(13-20)10-11-26(22)18(5)27/h6-9,12-13,15,17H,10-11,14H2,1-5H3. The molecule has 1 aliphatic heterocycles. The predicted molar refractivity (Wildman–Crippen MR) is 119 cm³/mol. The molecule has 0 aliphatic carbocycles. The Balaban J connectivity index is 1.61. The molecule has 1 unspecified atom stereocenters. The summed E-state index contributed by atoms with van der Waals surface area (Å²) in [6, 6.07) is 11.1. The fourth-order valence-electron chi connectivity index (χ4n) is 3.78. The topological polar surface area (TPSA) is 72.9 Å². The SMILES string of the molecule is CC(=O)N1CCc2cc(C(=O)C(C)OC(=O)COc3cc(C)ccc3C(C)C)ccc21. The number of esters is 1. The summed E-state index contributed by atoms with van der Waals surface area (Å²) in [7, 11) is 0. The Kier molecular flexibility index (Phi) is 6.78. The number of ketones is 1. The molecule has 2 aromatic rings. The van der Waals surface area contributed by atoms with Gasteiger partial charge in [0, 0.05) is 24.7 Å². The fraction of sp³-hybridized carbons (Fsp3) is 0.400. The monoisotopic (exact) mass is 423 g/mol. The largest absolute Gasteiger partial charge is 0.482 e. The van der Waals surface area contributed by atoms with E-state index < -0.39 is 12.1 Å². The number of amides is 1. The summed E-state index contributed by atoms with van der Waals surface area (Å²) in [6.45, 7) is 9.51. The van der Waals surface area contributed by atoms with Gasteiger partial charge in [-0.25, -0.2) is 4.79 Å². The molecule has 0 spiro atoms. The van der Waals surface area contributed by atoms with Crippen molar-refractivity contribution >= 4 is 23.3 Å². The first-order valence-electron chi connectivity index (χ1n) is 10.6. The predicted octanol–water partition coefficient (Wildman–Crippen LogP) is 4.22. The average molecular weight is 424 g/mol. The Hall–Kier alpha value is -3.15. The van der Waals surface area contributed by atoms with Crippen LogP contribution in [-0.2, 0) is 20.7 Å². The quantitative estimate of drug-likeness (QED) is 0.492. The molecule has 0 saturated carbocycles. The first-order chi connectivity index (χ1) is 14.7. The molecular weight excluding hydrogens is 394 g/mol. The highest BCUT2D eigenvalue weighted by atomic mass is 16.6. The third-order valence-electron chi connectivity index (χ3n) is 5.45. The zero-order valence-corrected chi connectivity index (χ0v) is 18.7. The molecule has 0 fully saturated rings. The van der Waals surface area contributed by atoms with Gasteiger partial charge in [-0.15, -0.1) is 0 Å². The molecule has 1 aliphatic rings. The molecule has 164 valence electrons. The zero-order valence-electron chi connectivity index (χ0n) is 18.7. The molecule has 0 N–H and O–H groups in total. The molecular formula is C25H29NO5. The third-order valence-corrected chi connectivity index (χ3v) is 5.45. The Morgan fingerprint density at radius 1 is 1.06 bits per heavy atom. The second kappa shape index (κ2) is 9.33. The number of fused-ring (bicyclic) bond motifs is 1. The van der Waals surface area contributed by atoms with E-state index in [2.05, 4.69) is 13.8 Å². The lowest BCUT2D eigenvalue weighted by molar-refractivity contribution is -0.148. The number of hydrogen-bond donors (Lipinski definition) is 0. The van der Waals surface area contributed by atoms with Gasteiger partial charge in [-0.1, -0.05) is 26.0 Å². The molecule has 6 heteroatoms. The number of anilines is 1. The number of carbonyl (C=O) groups excluding carboxylic acids is 3. The number of ether oxygens (including phenoxy) is 2. The Morgan fingerprint density at radius 2 is 1.81 bits per heavy atom. The lowest BCUT2D eigenvalue weighted by atomic mass is 10.0. The van der Waals surface area contributed by atoms with Gasteiger partial charge >= 0.3 is 5.97 Å². The van der Waals surface area contributed by atoms with Crippen LogP contribution in [0.3, 0.4) is 0 Å². The number of Topliss-reactive ketones (excluding diaryl/α,β-unsaturated/α-hetero) is 1. The highest BCUT2D eigenvalue weighted by molar-refractivity contribution is 6.01. The smallest absolute Gasteiger partial charge is 0.344 e. The van der Waals surface area contributed by atoms with Crippen molar-refractivity contribution in [3.8, 4) is 5.75 Å². The summed E-state index contributed by atoms with van der Waals surface area (Å²) in [5.41, 5.74) is 4.30. The minimum atomic E-state index is -0.929.